The number of hydrogen-bond acceptors (Lipinski definition) is 7. The van der Waals surface area contributed by atoms with Crippen LogP contribution in [-0.2, 0) is 23.1 Å². The van der Waals surface area contributed by atoms with Gasteiger partial charge in [-0.15, -0.1) is 21.5 Å². The van der Waals surface area contributed by atoms with Crippen LogP contribution in [-0.4, -0.2) is 36.8 Å². The summed E-state index contributed by atoms with van der Waals surface area (Å²) in [7, 11) is 1.76. The second-order valence-electron chi connectivity index (χ2n) is 6.21. The van der Waals surface area contributed by atoms with Crippen molar-refractivity contribution in [3.8, 4) is 0 Å². The van der Waals surface area contributed by atoms with Gasteiger partial charge in [0.25, 0.3) is 0 Å². The minimum absolute atomic E-state index is 0.0360. The number of nitrogens with zero attached hydrogens (tertiary/aromatic N) is 4. The van der Waals surface area contributed by atoms with Crippen LogP contribution in [0.5, 0.6) is 0 Å². The number of aromatic nitrogens is 4. The molecule has 1 atom stereocenters. The van der Waals surface area contributed by atoms with E-state index in [1.165, 1.54) is 23.1 Å². The molecule has 2 heterocycles. The minimum Gasteiger partial charge on any atom is -0.324 e. The van der Waals surface area contributed by atoms with E-state index in [1.807, 2.05) is 12.3 Å². The van der Waals surface area contributed by atoms with Crippen molar-refractivity contribution in [1.82, 2.24) is 19.7 Å². The summed E-state index contributed by atoms with van der Waals surface area (Å²) in [5.41, 5.74) is 1.40. The number of amides is 2. The van der Waals surface area contributed by atoms with Crippen molar-refractivity contribution in [1.29, 1.82) is 0 Å². The molecule has 2 aromatic heterocycles. The molecule has 0 aliphatic rings. The van der Waals surface area contributed by atoms with Gasteiger partial charge in [-0.2, -0.15) is 0 Å². The third kappa shape index (κ3) is 5.55. The predicted octanol–water partition coefficient (Wildman–Crippen LogP) is 3.53. The average molecular weight is 451 g/mol. The van der Waals surface area contributed by atoms with Crippen LogP contribution in [0.2, 0.25) is 5.02 Å². The van der Waals surface area contributed by atoms with E-state index in [9.17, 15) is 9.59 Å². The fraction of sp³-hybridized carbons (Fsp3) is 0.278. The Hall–Kier alpha value is -2.43. The molecular weight excluding hydrogens is 432 g/mol. The van der Waals surface area contributed by atoms with Crippen LogP contribution < -0.4 is 10.6 Å². The fourth-order valence-electron chi connectivity index (χ4n) is 2.33. The largest absolute Gasteiger partial charge is 0.324 e. The van der Waals surface area contributed by atoms with Crippen LogP contribution in [0.3, 0.4) is 0 Å². The van der Waals surface area contributed by atoms with Gasteiger partial charge in [-0.25, -0.2) is 4.98 Å². The number of benzene rings is 1. The van der Waals surface area contributed by atoms with Gasteiger partial charge in [0.2, 0.25) is 11.8 Å². The van der Waals surface area contributed by atoms with Crippen molar-refractivity contribution in [3.63, 3.8) is 0 Å². The number of carbonyl (C=O) groups excluding carboxylic acids is 2. The lowest BCUT2D eigenvalue weighted by molar-refractivity contribution is -0.116. The number of carbonyl (C=O) groups is 2. The molecule has 3 rings (SSSR count). The SMILES string of the molecule is Cc1csc(NC(=O)C(C)Sc2nnc(CC(=O)Nc3ccccc3Cl)n2C)n1. The van der Waals surface area contributed by atoms with Crippen LogP contribution in [0.25, 0.3) is 0 Å². The van der Waals surface area contributed by atoms with E-state index < -0.39 is 5.25 Å². The van der Waals surface area contributed by atoms with Crippen LogP contribution in [0.1, 0.15) is 18.4 Å². The first kappa shape index (κ1) is 21.3. The molecule has 0 fully saturated rings. The number of hydrogen-bond donors (Lipinski definition) is 2. The summed E-state index contributed by atoms with van der Waals surface area (Å²) < 4.78 is 1.70. The molecule has 3 aromatic rings. The molecule has 0 bridgehead atoms. The topological polar surface area (TPSA) is 102 Å². The molecule has 152 valence electrons. The Morgan fingerprint density at radius 2 is 2.03 bits per heavy atom. The van der Waals surface area contributed by atoms with E-state index >= 15 is 0 Å². The van der Waals surface area contributed by atoms with E-state index in [2.05, 4.69) is 25.8 Å². The molecule has 0 radical (unpaired) electrons. The summed E-state index contributed by atoms with van der Waals surface area (Å²) in [6.45, 7) is 3.65. The Labute approximate surface area is 181 Å². The zero-order valence-electron chi connectivity index (χ0n) is 16.0. The number of halogens is 1. The number of aryl methyl sites for hydroxylation is 1. The second kappa shape index (κ2) is 9.38. The maximum Gasteiger partial charge on any atom is 0.239 e. The quantitative estimate of drug-likeness (QED) is 0.534. The highest BCUT2D eigenvalue weighted by Gasteiger charge is 2.20. The number of anilines is 2. The highest BCUT2D eigenvalue weighted by Crippen LogP contribution is 2.24. The van der Waals surface area contributed by atoms with Gasteiger partial charge in [-0.3, -0.25) is 9.59 Å². The zero-order valence-corrected chi connectivity index (χ0v) is 18.4. The van der Waals surface area contributed by atoms with Crippen LogP contribution in [0.4, 0.5) is 10.8 Å². The maximum absolute atomic E-state index is 12.4. The molecule has 29 heavy (non-hydrogen) atoms. The lowest BCUT2D eigenvalue weighted by atomic mass is 10.3. The normalized spacial score (nSPS) is 11.9. The van der Waals surface area contributed by atoms with Gasteiger partial charge in [0.05, 0.1) is 28.1 Å². The van der Waals surface area contributed by atoms with Gasteiger partial charge < -0.3 is 15.2 Å². The molecule has 0 aliphatic heterocycles. The molecule has 1 aromatic carbocycles. The van der Waals surface area contributed by atoms with Gasteiger partial charge >= 0.3 is 0 Å². The summed E-state index contributed by atoms with van der Waals surface area (Å²) in [6.07, 6.45) is 0.0360. The Morgan fingerprint density at radius 3 is 2.72 bits per heavy atom. The number of nitrogens with one attached hydrogen (secondary N) is 2. The van der Waals surface area contributed by atoms with Crippen molar-refractivity contribution in [3.05, 3.63) is 46.2 Å². The summed E-state index contributed by atoms with van der Waals surface area (Å²) in [5, 5.41) is 16.8. The molecule has 0 aliphatic carbocycles. The molecule has 0 spiro atoms. The predicted molar refractivity (Wildman–Crippen MR) is 116 cm³/mol. The molecular formula is C18H19ClN6O2S2. The van der Waals surface area contributed by atoms with Crippen molar-refractivity contribution >= 4 is 57.3 Å². The lowest BCUT2D eigenvalue weighted by Crippen LogP contribution is -2.23. The first-order chi connectivity index (χ1) is 13.8. The summed E-state index contributed by atoms with van der Waals surface area (Å²) in [4.78, 5) is 28.9. The van der Waals surface area contributed by atoms with Crippen LogP contribution >= 0.6 is 34.7 Å². The Bertz CT molecular complexity index is 1040. The molecule has 8 nitrogen and oxygen atoms in total. The van der Waals surface area contributed by atoms with E-state index in [1.54, 1.807) is 42.8 Å². The third-order valence-electron chi connectivity index (χ3n) is 3.89. The summed E-state index contributed by atoms with van der Waals surface area (Å²) in [5.74, 6) is 0.0562. The van der Waals surface area contributed by atoms with Crippen molar-refractivity contribution < 1.29 is 9.59 Å². The minimum atomic E-state index is -0.410. The summed E-state index contributed by atoms with van der Waals surface area (Å²) in [6, 6.07) is 7.01. The Morgan fingerprint density at radius 1 is 1.28 bits per heavy atom. The molecule has 1 unspecified atom stereocenters. The molecule has 0 saturated heterocycles. The Balaban J connectivity index is 1.59. The van der Waals surface area contributed by atoms with Crippen molar-refractivity contribution in [2.45, 2.75) is 30.7 Å². The highest BCUT2D eigenvalue weighted by atomic mass is 35.5. The summed E-state index contributed by atoms with van der Waals surface area (Å²) >= 11 is 8.70. The van der Waals surface area contributed by atoms with E-state index in [0.717, 1.165) is 5.69 Å². The highest BCUT2D eigenvalue weighted by molar-refractivity contribution is 8.00. The van der Waals surface area contributed by atoms with Gasteiger partial charge in [0.1, 0.15) is 5.82 Å². The van der Waals surface area contributed by atoms with Gasteiger partial charge in [0.15, 0.2) is 10.3 Å². The smallest absolute Gasteiger partial charge is 0.239 e. The molecule has 2 N–H and O–H groups in total. The first-order valence-electron chi connectivity index (χ1n) is 8.65. The van der Waals surface area contributed by atoms with E-state index in [-0.39, 0.29) is 18.2 Å². The fourth-order valence-corrected chi connectivity index (χ4v) is 4.04. The van der Waals surface area contributed by atoms with Crippen molar-refractivity contribution in [2.75, 3.05) is 10.6 Å². The van der Waals surface area contributed by atoms with Gasteiger partial charge in [-0.05, 0) is 26.0 Å². The Kier molecular flexibility index (Phi) is 6.88. The number of rotatable bonds is 7. The zero-order chi connectivity index (χ0) is 21.0. The monoisotopic (exact) mass is 450 g/mol. The molecule has 2 amide bonds. The lowest BCUT2D eigenvalue weighted by Gasteiger charge is -2.10. The first-order valence-corrected chi connectivity index (χ1v) is 10.8. The number of thiazole rings is 1. The number of para-hydroxylation sites is 1. The van der Waals surface area contributed by atoms with Crippen molar-refractivity contribution in [2.24, 2.45) is 7.05 Å². The van der Waals surface area contributed by atoms with Crippen LogP contribution in [0, 0.1) is 6.92 Å². The molecule has 0 saturated carbocycles. The van der Waals surface area contributed by atoms with E-state index in [4.69, 9.17) is 11.6 Å². The average Bonchev–Trinajstić information content (AvgIpc) is 3.23. The molecule has 11 heteroatoms. The van der Waals surface area contributed by atoms with Gasteiger partial charge in [0, 0.05) is 12.4 Å². The second-order valence-corrected chi connectivity index (χ2v) is 8.78. The number of thioether (sulfide) groups is 1. The van der Waals surface area contributed by atoms with Gasteiger partial charge in [-0.1, -0.05) is 35.5 Å². The third-order valence-corrected chi connectivity index (χ3v) is 6.23. The van der Waals surface area contributed by atoms with Crippen LogP contribution in [0.15, 0.2) is 34.8 Å². The van der Waals surface area contributed by atoms with E-state index in [0.29, 0.717) is 26.8 Å². The maximum atomic E-state index is 12.4. The standard InChI is InChI=1S/C18H19ClN6O2S2/c1-10-9-28-17(20-10)22-16(27)11(2)29-18-24-23-14(25(18)3)8-15(26)21-13-7-5-4-6-12(13)19/h4-7,9,11H,8H2,1-3H3,(H,21,26)(H,20,22,27).